The molecule has 0 spiro atoms. The van der Waals surface area contributed by atoms with E-state index in [0.29, 0.717) is 24.1 Å². The van der Waals surface area contributed by atoms with Gasteiger partial charge in [-0.05, 0) is 36.5 Å². The summed E-state index contributed by atoms with van der Waals surface area (Å²) in [6, 6.07) is 4.94. The van der Waals surface area contributed by atoms with Crippen LogP contribution in [-0.2, 0) is 10.0 Å². The number of hydrogen-bond donors (Lipinski definition) is 2. The van der Waals surface area contributed by atoms with Crippen LogP contribution in [0.25, 0.3) is 0 Å². The van der Waals surface area contributed by atoms with Crippen molar-refractivity contribution in [3.8, 4) is 0 Å². The average Bonchev–Trinajstić information content (AvgIpc) is 2.88. The second-order valence-corrected chi connectivity index (χ2v) is 7.73. The minimum Gasteiger partial charge on any atom is -0.397 e. The van der Waals surface area contributed by atoms with Gasteiger partial charge >= 0.3 is 0 Å². The van der Waals surface area contributed by atoms with Gasteiger partial charge in [0.1, 0.15) is 0 Å². The number of anilines is 2. The summed E-state index contributed by atoms with van der Waals surface area (Å²) in [7, 11) is -3.44. The molecule has 0 radical (unpaired) electrons. The van der Waals surface area contributed by atoms with Crippen LogP contribution in [0.4, 0.5) is 11.4 Å². The van der Waals surface area contributed by atoms with Gasteiger partial charge in [-0.3, -0.25) is 0 Å². The predicted octanol–water partition coefficient (Wildman–Crippen LogP) is 2.05. The maximum absolute atomic E-state index is 12.1. The van der Waals surface area contributed by atoms with Gasteiger partial charge in [-0.25, -0.2) is 13.1 Å². The lowest BCUT2D eigenvalue weighted by atomic mass is 9.95. The Bertz CT molecular complexity index is 599. The molecule has 1 atom stereocenters. The molecule has 5 nitrogen and oxygen atoms in total. The molecular formula is C15H25N3O2S. The van der Waals surface area contributed by atoms with Gasteiger partial charge < -0.3 is 10.6 Å². The minimum absolute atomic E-state index is 0.279. The van der Waals surface area contributed by atoms with E-state index in [9.17, 15) is 8.42 Å². The monoisotopic (exact) mass is 311 g/mol. The first-order valence-electron chi connectivity index (χ1n) is 7.49. The highest BCUT2D eigenvalue weighted by molar-refractivity contribution is 7.89. The van der Waals surface area contributed by atoms with Crippen LogP contribution in [0.2, 0.25) is 0 Å². The SMILES string of the molecule is CCNS(=O)(=O)c1ccc(N)c(N2CCC(C(C)C)C2)c1. The molecule has 1 unspecified atom stereocenters. The van der Waals surface area contributed by atoms with Crippen LogP contribution < -0.4 is 15.4 Å². The van der Waals surface area contributed by atoms with Crippen molar-refractivity contribution < 1.29 is 8.42 Å². The number of rotatable bonds is 5. The summed E-state index contributed by atoms with van der Waals surface area (Å²) in [6.45, 7) is 8.46. The third kappa shape index (κ3) is 3.49. The molecule has 3 N–H and O–H groups in total. The fourth-order valence-corrected chi connectivity index (χ4v) is 3.85. The molecule has 21 heavy (non-hydrogen) atoms. The number of hydrogen-bond acceptors (Lipinski definition) is 4. The highest BCUT2D eigenvalue weighted by Crippen LogP contribution is 2.33. The number of benzene rings is 1. The van der Waals surface area contributed by atoms with Crippen LogP contribution in [0.1, 0.15) is 27.2 Å². The molecule has 1 aromatic rings. The van der Waals surface area contributed by atoms with Crippen LogP contribution in [0.5, 0.6) is 0 Å². The summed E-state index contributed by atoms with van der Waals surface area (Å²) in [5.41, 5.74) is 7.52. The van der Waals surface area contributed by atoms with Crippen LogP contribution in [-0.4, -0.2) is 28.1 Å². The molecule has 1 heterocycles. The smallest absolute Gasteiger partial charge is 0.240 e. The van der Waals surface area contributed by atoms with Crippen molar-refractivity contribution >= 4 is 21.4 Å². The lowest BCUT2D eigenvalue weighted by Gasteiger charge is -2.22. The zero-order chi connectivity index (χ0) is 15.6. The first-order chi connectivity index (χ1) is 9.85. The van der Waals surface area contributed by atoms with Gasteiger partial charge in [-0.15, -0.1) is 0 Å². The maximum Gasteiger partial charge on any atom is 0.240 e. The van der Waals surface area contributed by atoms with Gasteiger partial charge in [0.15, 0.2) is 0 Å². The van der Waals surface area contributed by atoms with E-state index in [4.69, 9.17) is 5.73 Å². The topological polar surface area (TPSA) is 75.4 Å². The van der Waals surface area contributed by atoms with Gasteiger partial charge in [0.05, 0.1) is 16.3 Å². The number of nitrogens with one attached hydrogen (secondary N) is 1. The molecule has 1 aliphatic rings. The molecule has 2 rings (SSSR count). The highest BCUT2D eigenvalue weighted by atomic mass is 32.2. The summed E-state index contributed by atoms with van der Waals surface area (Å²) >= 11 is 0. The van der Waals surface area contributed by atoms with Crippen molar-refractivity contribution in [2.24, 2.45) is 11.8 Å². The van der Waals surface area contributed by atoms with E-state index < -0.39 is 10.0 Å². The first kappa shape index (κ1) is 16.1. The predicted molar refractivity (Wildman–Crippen MR) is 86.9 cm³/mol. The maximum atomic E-state index is 12.1. The molecule has 0 amide bonds. The lowest BCUT2D eigenvalue weighted by Crippen LogP contribution is -2.25. The number of nitrogens with two attached hydrogens (primary N) is 1. The summed E-state index contributed by atoms with van der Waals surface area (Å²) < 4.78 is 26.7. The van der Waals surface area contributed by atoms with Crippen molar-refractivity contribution in [2.75, 3.05) is 30.3 Å². The third-order valence-electron chi connectivity index (χ3n) is 4.15. The zero-order valence-electron chi connectivity index (χ0n) is 13.0. The average molecular weight is 311 g/mol. The second-order valence-electron chi connectivity index (χ2n) is 5.96. The normalized spacial score (nSPS) is 19.4. The molecule has 0 bridgehead atoms. The Morgan fingerprint density at radius 2 is 2.14 bits per heavy atom. The van der Waals surface area contributed by atoms with Gasteiger partial charge in [-0.1, -0.05) is 20.8 Å². The summed E-state index contributed by atoms with van der Waals surface area (Å²) in [4.78, 5) is 2.48. The van der Waals surface area contributed by atoms with Crippen LogP contribution in [0.15, 0.2) is 23.1 Å². The Labute approximate surface area is 127 Å². The van der Waals surface area contributed by atoms with Crippen molar-refractivity contribution in [1.82, 2.24) is 4.72 Å². The van der Waals surface area contributed by atoms with Crippen molar-refractivity contribution in [3.63, 3.8) is 0 Å². The third-order valence-corrected chi connectivity index (χ3v) is 5.70. The van der Waals surface area contributed by atoms with Crippen molar-refractivity contribution in [3.05, 3.63) is 18.2 Å². The van der Waals surface area contributed by atoms with Crippen LogP contribution in [0, 0.1) is 11.8 Å². The van der Waals surface area contributed by atoms with Crippen LogP contribution >= 0.6 is 0 Å². The van der Waals surface area contributed by atoms with E-state index in [1.54, 1.807) is 25.1 Å². The van der Waals surface area contributed by atoms with Crippen molar-refractivity contribution in [2.45, 2.75) is 32.1 Å². The van der Waals surface area contributed by atoms with Gasteiger partial charge in [0.2, 0.25) is 10.0 Å². The van der Waals surface area contributed by atoms with Gasteiger partial charge in [0, 0.05) is 19.6 Å². The molecule has 1 saturated heterocycles. The van der Waals surface area contributed by atoms with Crippen LogP contribution in [0.3, 0.4) is 0 Å². The fourth-order valence-electron chi connectivity index (χ4n) is 2.79. The molecule has 1 aromatic carbocycles. The molecule has 6 heteroatoms. The Morgan fingerprint density at radius 3 is 2.71 bits per heavy atom. The van der Waals surface area contributed by atoms with E-state index in [2.05, 4.69) is 23.5 Å². The van der Waals surface area contributed by atoms with E-state index in [-0.39, 0.29) is 4.90 Å². The fraction of sp³-hybridized carbons (Fsp3) is 0.600. The van der Waals surface area contributed by atoms with E-state index in [1.165, 1.54) is 0 Å². The van der Waals surface area contributed by atoms with Crippen molar-refractivity contribution in [1.29, 1.82) is 0 Å². The summed E-state index contributed by atoms with van der Waals surface area (Å²) in [6.07, 6.45) is 1.13. The number of nitrogens with zero attached hydrogens (tertiary/aromatic N) is 1. The lowest BCUT2D eigenvalue weighted by molar-refractivity contribution is 0.423. The van der Waals surface area contributed by atoms with E-state index >= 15 is 0 Å². The van der Waals surface area contributed by atoms with E-state index in [0.717, 1.165) is 25.2 Å². The standard InChI is InChI=1S/C15H25N3O2S/c1-4-17-21(19,20)13-5-6-14(16)15(9-13)18-8-7-12(10-18)11(2)3/h5-6,9,11-12,17H,4,7-8,10,16H2,1-3H3. The molecular weight excluding hydrogens is 286 g/mol. The Balaban J connectivity index is 2.29. The quantitative estimate of drug-likeness (QED) is 0.816. The zero-order valence-corrected chi connectivity index (χ0v) is 13.8. The van der Waals surface area contributed by atoms with E-state index in [1.807, 2.05) is 0 Å². The molecule has 1 aliphatic heterocycles. The molecule has 118 valence electrons. The van der Waals surface area contributed by atoms with Gasteiger partial charge in [0.25, 0.3) is 0 Å². The Hall–Kier alpha value is -1.27. The molecule has 0 saturated carbocycles. The summed E-state index contributed by atoms with van der Waals surface area (Å²) in [5, 5.41) is 0. The van der Waals surface area contributed by atoms with Gasteiger partial charge in [-0.2, -0.15) is 0 Å². The number of nitrogen functional groups attached to an aromatic ring is 1. The Kier molecular flexibility index (Phi) is 4.78. The summed E-state index contributed by atoms with van der Waals surface area (Å²) in [5.74, 6) is 1.27. The first-order valence-corrected chi connectivity index (χ1v) is 8.97. The Morgan fingerprint density at radius 1 is 1.43 bits per heavy atom. The molecule has 1 fully saturated rings. The number of sulfonamides is 1. The molecule has 0 aromatic heterocycles. The highest BCUT2D eigenvalue weighted by Gasteiger charge is 2.27. The largest absolute Gasteiger partial charge is 0.397 e. The second kappa shape index (κ2) is 6.23. The minimum atomic E-state index is -3.44. The molecule has 0 aliphatic carbocycles.